The van der Waals surface area contributed by atoms with Gasteiger partial charge < -0.3 is 14.4 Å². The van der Waals surface area contributed by atoms with Crippen molar-refractivity contribution in [3.8, 4) is 5.88 Å². The predicted octanol–water partition coefficient (Wildman–Crippen LogP) is 4.73. The largest absolute Gasteiger partial charge is 0.494 e. The predicted molar refractivity (Wildman–Crippen MR) is 104 cm³/mol. The first-order valence-corrected chi connectivity index (χ1v) is 9.54. The van der Waals surface area contributed by atoms with Crippen LogP contribution in [0.3, 0.4) is 0 Å². The van der Waals surface area contributed by atoms with Crippen LogP contribution in [0.4, 0.5) is 0 Å². The number of fused-ring (bicyclic) bond motifs is 1. The van der Waals surface area contributed by atoms with Gasteiger partial charge in [0.15, 0.2) is 0 Å². The van der Waals surface area contributed by atoms with Gasteiger partial charge in [-0.15, -0.1) is 0 Å². The SMILES string of the molecule is CCC(CC)Cc1ccc2c(c1)c(C1=NCCOC1)c(O)n2C(C)C. The van der Waals surface area contributed by atoms with E-state index >= 15 is 0 Å². The van der Waals surface area contributed by atoms with Gasteiger partial charge in [-0.1, -0.05) is 32.8 Å². The minimum atomic E-state index is 0.186. The van der Waals surface area contributed by atoms with Gasteiger partial charge in [0.05, 0.1) is 36.6 Å². The Morgan fingerprint density at radius 3 is 2.60 bits per heavy atom. The van der Waals surface area contributed by atoms with E-state index in [2.05, 4.69) is 50.9 Å². The molecule has 25 heavy (non-hydrogen) atoms. The topological polar surface area (TPSA) is 46.8 Å². The summed E-state index contributed by atoms with van der Waals surface area (Å²) >= 11 is 0. The summed E-state index contributed by atoms with van der Waals surface area (Å²) < 4.78 is 7.59. The molecule has 1 aromatic heterocycles. The molecular weight excluding hydrogens is 312 g/mol. The fraction of sp³-hybridized carbons (Fsp3) is 0.571. The van der Waals surface area contributed by atoms with Crippen molar-refractivity contribution in [3.05, 3.63) is 29.3 Å². The fourth-order valence-corrected chi connectivity index (χ4v) is 3.80. The lowest BCUT2D eigenvalue weighted by Crippen LogP contribution is -2.19. The average Bonchev–Trinajstić information content (AvgIpc) is 2.91. The standard InChI is InChI=1S/C21H30N2O2/c1-5-15(6-2)11-16-7-8-19-17(12-16)20(18-13-25-10-9-22-18)21(24)23(19)14(3)4/h7-8,12,14-15,24H,5-6,9-11,13H2,1-4H3. The van der Waals surface area contributed by atoms with Crippen molar-refractivity contribution in [1.82, 2.24) is 4.57 Å². The van der Waals surface area contributed by atoms with E-state index in [9.17, 15) is 5.11 Å². The van der Waals surface area contributed by atoms with E-state index in [1.807, 2.05) is 4.57 Å². The number of benzene rings is 1. The molecule has 0 amide bonds. The van der Waals surface area contributed by atoms with Crippen molar-refractivity contribution in [2.75, 3.05) is 19.8 Å². The van der Waals surface area contributed by atoms with E-state index in [-0.39, 0.29) is 6.04 Å². The third kappa shape index (κ3) is 3.45. The van der Waals surface area contributed by atoms with Crippen LogP contribution in [0.1, 0.15) is 57.7 Å². The number of aromatic nitrogens is 1. The molecule has 0 radical (unpaired) electrons. The van der Waals surface area contributed by atoms with Gasteiger partial charge in [0.2, 0.25) is 5.88 Å². The molecule has 1 aliphatic heterocycles. The molecular formula is C21H30N2O2. The summed E-state index contributed by atoms with van der Waals surface area (Å²) in [6.07, 6.45) is 3.47. The summed E-state index contributed by atoms with van der Waals surface area (Å²) in [4.78, 5) is 4.62. The van der Waals surface area contributed by atoms with Crippen molar-refractivity contribution < 1.29 is 9.84 Å². The highest BCUT2D eigenvalue weighted by Crippen LogP contribution is 2.36. The van der Waals surface area contributed by atoms with Crippen molar-refractivity contribution >= 4 is 16.6 Å². The Morgan fingerprint density at radius 2 is 2.00 bits per heavy atom. The quantitative estimate of drug-likeness (QED) is 0.825. The number of nitrogens with zero attached hydrogens (tertiary/aromatic N) is 2. The molecule has 2 aromatic rings. The maximum atomic E-state index is 10.9. The van der Waals surface area contributed by atoms with Crippen LogP contribution in [0.25, 0.3) is 10.9 Å². The van der Waals surface area contributed by atoms with Crippen molar-refractivity contribution in [3.63, 3.8) is 0 Å². The number of aliphatic imine (C=N–C) groups is 1. The monoisotopic (exact) mass is 342 g/mol. The van der Waals surface area contributed by atoms with Gasteiger partial charge in [-0.05, 0) is 43.9 Å². The molecule has 4 nitrogen and oxygen atoms in total. The smallest absolute Gasteiger partial charge is 0.201 e. The molecule has 4 heteroatoms. The highest BCUT2D eigenvalue weighted by atomic mass is 16.5. The van der Waals surface area contributed by atoms with Crippen LogP contribution in [-0.4, -0.2) is 35.1 Å². The summed E-state index contributed by atoms with van der Waals surface area (Å²) in [5.41, 5.74) is 4.13. The van der Waals surface area contributed by atoms with Crippen LogP contribution < -0.4 is 0 Å². The lowest BCUT2D eigenvalue weighted by atomic mass is 9.93. The third-order valence-electron chi connectivity index (χ3n) is 5.30. The van der Waals surface area contributed by atoms with E-state index < -0.39 is 0 Å². The van der Waals surface area contributed by atoms with Crippen LogP contribution in [0, 0.1) is 5.92 Å². The molecule has 0 spiro atoms. The van der Waals surface area contributed by atoms with Crippen molar-refractivity contribution in [2.45, 2.75) is 53.0 Å². The highest BCUT2D eigenvalue weighted by Gasteiger charge is 2.23. The molecule has 0 bridgehead atoms. The maximum absolute atomic E-state index is 10.9. The van der Waals surface area contributed by atoms with Crippen LogP contribution in [0.15, 0.2) is 23.2 Å². The Bertz CT molecular complexity index is 770. The zero-order chi connectivity index (χ0) is 18.0. The minimum Gasteiger partial charge on any atom is -0.494 e. The van der Waals surface area contributed by atoms with E-state index in [4.69, 9.17) is 4.74 Å². The molecule has 0 fully saturated rings. The fourth-order valence-electron chi connectivity index (χ4n) is 3.80. The Hall–Kier alpha value is -1.81. The number of aromatic hydroxyl groups is 1. The van der Waals surface area contributed by atoms with Crippen molar-refractivity contribution in [1.29, 1.82) is 0 Å². The first-order chi connectivity index (χ1) is 12.1. The Labute approximate surface area is 150 Å². The molecule has 136 valence electrons. The summed E-state index contributed by atoms with van der Waals surface area (Å²) in [7, 11) is 0. The molecule has 3 rings (SSSR count). The first-order valence-electron chi connectivity index (χ1n) is 9.54. The van der Waals surface area contributed by atoms with Gasteiger partial charge in [-0.3, -0.25) is 4.99 Å². The van der Waals surface area contributed by atoms with E-state index in [0.717, 1.165) is 28.6 Å². The zero-order valence-electron chi connectivity index (χ0n) is 15.9. The lowest BCUT2D eigenvalue weighted by molar-refractivity contribution is 0.171. The molecule has 0 unspecified atom stereocenters. The van der Waals surface area contributed by atoms with Crippen molar-refractivity contribution in [2.24, 2.45) is 10.9 Å². The van der Waals surface area contributed by atoms with Gasteiger partial charge in [0, 0.05) is 11.4 Å². The summed E-state index contributed by atoms with van der Waals surface area (Å²) in [5, 5.41) is 12.0. The normalized spacial score (nSPS) is 15.4. The van der Waals surface area contributed by atoms with Gasteiger partial charge in [0.1, 0.15) is 0 Å². The number of hydrogen-bond donors (Lipinski definition) is 1. The van der Waals surface area contributed by atoms with E-state index in [1.165, 1.54) is 18.4 Å². The third-order valence-corrected chi connectivity index (χ3v) is 5.30. The average molecular weight is 342 g/mol. The molecule has 0 saturated heterocycles. The Kier molecular flexibility index (Phi) is 5.48. The minimum absolute atomic E-state index is 0.186. The van der Waals surface area contributed by atoms with E-state index in [1.54, 1.807) is 0 Å². The second-order valence-corrected chi connectivity index (χ2v) is 7.28. The Balaban J connectivity index is 2.14. The first kappa shape index (κ1) is 18.0. The molecule has 2 heterocycles. The van der Waals surface area contributed by atoms with Gasteiger partial charge in [-0.2, -0.15) is 0 Å². The van der Waals surface area contributed by atoms with Crippen LogP contribution in [0.5, 0.6) is 5.88 Å². The van der Waals surface area contributed by atoms with Crippen LogP contribution >= 0.6 is 0 Å². The molecule has 1 aromatic carbocycles. The Morgan fingerprint density at radius 1 is 1.24 bits per heavy atom. The second kappa shape index (κ2) is 7.61. The van der Waals surface area contributed by atoms with Gasteiger partial charge >= 0.3 is 0 Å². The lowest BCUT2D eigenvalue weighted by Gasteiger charge is -2.14. The molecule has 0 saturated carbocycles. The summed E-state index contributed by atoms with van der Waals surface area (Å²) in [6.45, 7) is 10.5. The van der Waals surface area contributed by atoms with Gasteiger partial charge in [0.25, 0.3) is 0 Å². The molecule has 1 N–H and O–H groups in total. The zero-order valence-corrected chi connectivity index (χ0v) is 15.9. The van der Waals surface area contributed by atoms with Gasteiger partial charge in [-0.25, -0.2) is 0 Å². The van der Waals surface area contributed by atoms with Crippen LogP contribution in [0.2, 0.25) is 0 Å². The number of rotatable bonds is 6. The highest BCUT2D eigenvalue weighted by molar-refractivity contribution is 6.14. The number of hydrogen-bond acceptors (Lipinski definition) is 3. The molecule has 0 aliphatic carbocycles. The summed E-state index contributed by atoms with van der Waals surface area (Å²) in [6, 6.07) is 6.80. The maximum Gasteiger partial charge on any atom is 0.201 e. The van der Waals surface area contributed by atoms with Crippen LogP contribution in [-0.2, 0) is 11.2 Å². The molecule has 1 aliphatic rings. The number of ether oxygens (including phenoxy) is 1. The second-order valence-electron chi connectivity index (χ2n) is 7.28. The van der Waals surface area contributed by atoms with E-state index in [0.29, 0.717) is 31.6 Å². The summed E-state index contributed by atoms with van der Waals surface area (Å²) in [5.74, 6) is 1.02. The molecule has 0 atom stereocenters.